The molecule has 0 aliphatic carbocycles. The predicted octanol–water partition coefficient (Wildman–Crippen LogP) is 3.00. The molecule has 0 spiro atoms. The molecule has 0 bridgehead atoms. The number of halogens is 2. The van der Waals surface area contributed by atoms with Crippen LogP contribution in [0.15, 0.2) is 18.2 Å². The van der Waals surface area contributed by atoms with E-state index in [-0.39, 0.29) is 5.28 Å². The largest absolute Gasteiger partial charge is 0.362 e. The molecule has 15 heavy (non-hydrogen) atoms. The van der Waals surface area contributed by atoms with E-state index in [1.54, 1.807) is 6.07 Å². The first-order valence-corrected chi connectivity index (χ1v) is 5.13. The third-order valence-electron chi connectivity index (χ3n) is 2.04. The van der Waals surface area contributed by atoms with Gasteiger partial charge in [-0.25, -0.2) is 4.98 Å². The van der Waals surface area contributed by atoms with Crippen molar-refractivity contribution in [3.63, 3.8) is 0 Å². The van der Waals surface area contributed by atoms with Crippen LogP contribution in [0.4, 0.5) is 5.82 Å². The number of benzene rings is 1. The lowest BCUT2D eigenvalue weighted by atomic mass is 10.2. The van der Waals surface area contributed by atoms with Crippen LogP contribution in [0.25, 0.3) is 10.9 Å². The smallest absolute Gasteiger partial charge is 0.224 e. The fraction of sp³-hybridized carbons (Fsp3) is 0.200. The minimum absolute atomic E-state index is 0.230. The maximum Gasteiger partial charge on any atom is 0.224 e. The first-order valence-electron chi connectivity index (χ1n) is 4.38. The summed E-state index contributed by atoms with van der Waals surface area (Å²) in [5.74, 6) is 0.793. The highest BCUT2D eigenvalue weighted by Crippen LogP contribution is 2.26. The fourth-order valence-electron chi connectivity index (χ4n) is 1.40. The first kappa shape index (κ1) is 10.5. The van der Waals surface area contributed by atoms with E-state index in [1.165, 1.54) is 0 Å². The van der Waals surface area contributed by atoms with Crippen LogP contribution in [0, 0.1) is 0 Å². The van der Waals surface area contributed by atoms with Crippen molar-refractivity contribution in [3.8, 4) is 0 Å². The molecule has 2 aromatic rings. The Morgan fingerprint density at radius 3 is 2.53 bits per heavy atom. The van der Waals surface area contributed by atoms with Crippen LogP contribution in [0.5, 0.6) is 0 Å². The monoisotopic (exact) mass is 241 g/mol. The van der Waals surface area contributed by atoms with Crippen LogP contribution in [0.2, 0.25) is 10.3 Å². The Morgan fingerprint density at radius 2 is 1.87 bits per heavy atom. The van der Waals surface area contributed by atoms with Gasteiger partial charge in [0, 0.05) is 24.5 Å². The highest BCUT2D eigenvalue weighted by atomic mass is 35.5. The number of aromatic nitrogens is 2. The van der Waals surface area contributed by atoms with E-state index >= 15 is 0 Å². The quantitative estimate of drug-likeness (QED) is 0.720. The van der Waals surface area contributed by atoms with Crippen LogP contribution >= 0.6 is 23.2 Å². The van der Waals surface area contributed by atoms with Gasteiger partial charge < -0.3 is 4.90 Å². The molecule has 1 aromatic heterocycles. The van der Waals surface area contributed by atoms with E-state index in [0.29, 0.717) is 5.02 Å². The van der Waals surface area contributed by atoms with Gasteiger partial charge in [0.15, 0.2) is 0 Å². The van der Waals surface area contributed by atoms with Crippen molar-refractivity contribution in [1.29, 1.82) is 0 Å². The van der Waals surface area contributed by atoms with Gasteiger partial charge in [0.25, 0.3) is 0 Å². The number of hydrogen-bond donors (Lipinski definition) is 0. The third kappa shape index (κ3) is 1.98. The molecule has 78 valence electrons. The van der Waals surface area contributed by atoms with E-state index in [1.807, 2.05) is 31.1 Å². The Morgan fingerprint density at radius 1 is 1.13 bits per heavy atom. The van der Waals surface area contributed by atoms with E-state index in [4.69, 9.17) is 23.2 Å². The Bertz CT molecular complexity index is 506. The lowest BCUT2D eigenvalue weighted by molar-refractivity contribution is 1.06. The van der Waals surface area contributed by atoms with E-state index in [0.717, 1.165) is 16.7 Å². The zero-order valence-electron chi connectivity index (χ0n) is 8.33. The molecule has 5 heteroatoms. The van der Waals surface area contributed by atoms with Crippen LogP contribution in [0.3, 0.4) is 0 Å². The normalized spacial score (nSPS) is 10.7. The third-order valence-corrected chi connectivity index (χ3v) is 2.44. The van der Waals surface area contributed by atoms with Crippen molar-refractivity contribution in [2.75, 3.05) is 19.0 Å². The Balaban J connectivity index is 2.80. The number of nitrogens with zero attached hydrogens (tertiary/aromatic N) is 3. The Labute approximate surface area is 97.6 Å². The van der Waals surface area contributed by atoms with Crippen molar-refractivity contribution in [1.82, 2.24) is 9.97 Å². The molecule has 0 aliphatic heterocycles. The number of rotatable bonds is 1. The molecule has 0 radical (unpaired) electrons. The second kappa shape index (κ2) is 3.83. The molecule has 0 N–H and O–H groups in total. The Hall–Kier alpha value is -1.06. The van der Waals surface area contributed by atoms with Crippen molar-refractivity contribution in [2.24, 2.45) is 0 Å². The van der Waals surface area contributed by atoms with E-state index in [2.05, 4.69) is 9.97 Å². The standard InChI is InChI=1S/C10H9Cl2N3/c1-15(2)9-7-4-3-6(11)5-8(7)13-10(12)14-9/h3-5H,1-2H3. The van der Waals surface area contributed by atoms with Gasteiger partial charge in [-0.2, -0.15) is 4.98 Å². The summed E-state index contributed by atoms with van der Waals surface area (Å²) in [4.78, 5) is 10.2. The molecule has 3 nitrogen and oxygen atoms in total. The second-order valence-electron chi connectivity index (χ2n) is 3.37. The van der Waals surface area contributed by atoms with Gasteiger partial charge in [0.05, 0.1) is 5.52 Å². The van der Waals surface area contributed by atoms with Gasteiger partial charge in [0.1, 0.15) is 5.82 Å². The minimum Gasteiger partial charge on any atom is -0.362 e. The highest BCUT2D eigenvalue weighted by Gasteiger charge is 2.08. The summed E-state index contributed by atoms with van der Waals surface area (Å²) in [7, 11) is 3.82. The van der Waals surface area contributed by atoms with Gasteiger partial charge in [0.2, 0.25) is 5.28 Å². The van der Waals surface area contributed by atoms with Gasteiger partial charge in [-0.05, 0) is 29.8 Å². The molecule has 0 fully saturated rings. The molecular weight excluding hydrogens is 233 g/mol. The van der Waals surface area contributed by atoms with Crippen LogP contribution in [0.1, 0.15) is 0 Å². The minimum atomic E-state index is 0.230. The summed E-state index contributed by atoms with van der Waals surface area (Å²) in [6.45, 7) is 0. The summed E-state index contributed by atoms with van der Waals surface area (Å²) < 4.78 is 0. The van der Waals surface area contributed by atoms with E-state index in [9.17, 15) is 0 Å². The number of hydrogen-bond acceptors (Lipinski definition) is 3. The lowest BCUT2D eigenvalue weighted by Gasteiger charge is -2.13. The maximum absolute atomic E-state index is 5.89. The van der Waals surface area contributed by atoms with Crippen molar-refractivity contribution < 1.29 is 0 Å². The Kier molecular flexibility index (Phi) is 2.67. The number of anilines is 1. The van der Waals surface area contributed by atoms with Crippen molar-refractivity contribution in [3.05, 3.63) is 28.5 Å². The fourth-order valence-corrected chi connectivity index (χ4v) is 1.74. The van der Waals surface area contributed by atoms with Crippen LogP contribution in [-0.4, -0.2) is 24.1 Å². The summed E-state index contributed by atoms with van der Waals surface area (Å²) in [6.07, 6.45) is 0. The molecule has 1 heterocycles. The summed E-state index contributed by atoms with van der Waals surface area (Å²) in [6, 6.07) is 5.48. The van der Waals surface area contributed by atoms with Gasteiger partial charge in [-0.1, -0.05) is 11.6 Å². The predicted molar refractivity (Wildman–Crippen MR) is 63.9 cm³/mol. The zero-order valence-corrected chi connectivity index (χ0v) is 9.84. The maximum atomic E-state index is 5.89. The molecule has 2 rings (SSSR count). The molecule has 0 unspecified atom stereocenters. The SMILES string of the molecule is CN(C)c1nc(Cl)nc2cc(Cl)ccc12. The topological polar surface area (TPSA) is 29.0 Å². The van der Waals surface area contributed by atoms with Crippen molar-refractivity contribution >= 4 is 39.9 Å². The lowest BCUT2D eigenvalue weighted by Crippen LogP contribution is -2.11. The van der Waals surface area contributed by atoms with Gasteiger partial charge in [-0.3, -0.25) is 0 Å². The van der Waals surface area contributed by atoms with Crippen LogP contribution in [-0.2, 0) is 0 Å². The van der Waals surface area contributed by atoms with E-state index < -0.39 is 0 Å². The average Bonchev–Trinajstić information content (AvgIpc) is 2.15. The number of fused-ring (bicyclic) bond motifs is 1. The second-order valence-corrected chi connectivity index (χ2v) is 4.15. The zero-order chi connectivity index (χ0) is 11.0. The molecule has 1 aromatic carbocycles. The molecular formula is C10H9Cl2N3. The molecule has 0 saturated heterocycles. The van der Waals surface area contributed by atoms with Crippen molar-refractivity contribution in [2.45, 2.75) is 0 Å². The molecule has 0 saturated carbocycles. The van der Waals surface area contributed by atoms with Gasteiger partial charge in [-0.15, -0.1) is 0 Å². The average molecular weight is 242 g/mol. The highest BCUT2D eigenvalue weighted by molar-refractivity contribution is 6.31. The summed E-state index contributed by atoms with van der Waals surface area (Å²) in [5, 5.41) is 1.81. The summed E-state index contributed by atoms with van der Waals surface area (Å²) >= 11 is 11.7. The van der Waals surface area contributed by atoms with Gasteiger partial charge >= 0.3 is 0 Å². The summed E-state index contributed by atoms with van der Waals surface area (Å²) in [5.41, 5.74) is 0.756. The molecule has 0 amide bonds. The first-order chi connectivity index (χ1) is 7.08. The van der Waals surface area contributed by atoms with Crippen LogP contribution < -0.4 is 4.90 Å². The molecule has 0 atom stereocenters. The molecule has 0 aliphatic rings.